The fourth-order valence-corrected chi connectivity index (χ4v) is 5.86. The molecule has 0 spiro atoms. The molecule has 0 amide bonds. The van der Waals surface area contributed by atoms with Crippen LogP contribution in [-0.4, -0.2) is 36.1 Å². The zero-order valence-electron chi connectivity index (χ0n) is 18.6. The van der Waals surface area contributed by atoms with E-state index in [0.29, 0.717) is 55.4 Å². The van der Waals surface area contributed by atoms with E-state index in [0.717, 1.165) is 11.3 Å². The van der Waals surface area contributed by atoms with Crippen molar-refractivity contribution in [3.8, 4) is 16.8 Å². The first-order chi connectivity index (χ1) is 17.4. The Morgan fingerprint density at radius 1 is 1.28 bits per heavy atom. The average Bonchev–Trinajstić information content (AvgIpc) is 3.66. The minimum Gasteiger partial charge on any atom is -0.618 e. The van der Waals surface area contributed by atoms with Crippen LogP contribution in [0.15, 0.2) is 53.4 Å². The number of aliphatic hydroxyl groups is 2. The number of hydrogen-bond acceptors (Lipinski definition) is 8. The SMILES string of the molecule is [O-][n+]1cc(-c2cc(Cl)ccc2-n2cnnn2)cc2c1C(O)(C1=NC=C(c3csc(CO)c3F)C1)CC2. The molecule has 1 aliphatic carbocycles. The third-order valence-electron chi connectivity index (χ3n) is 6.63. The summed E-state index contributed by atoms with van der Waals surface area (Å²) in [5.74, 6) is -0.479. The lowest BCUT2D eigenvalue weighted by Gasteiger charge is -2.23. The van der Waals surface area contributed by atoms with E-state index in [-0.39, 0.29) is 30.0 Å². The fraction of sp³-hybridized carbons (Fsp3) is 0.208. The Morgan fingerprint density at radius 3 is 2.89 bits per heavy atom. The van der Waals surface area contributed by atoms with Crippen molar-refractivity contribution in [2.75, 3.05) is 0 Å². The van der Waals surface area contributed by atoms with E-state index in [9.17, 15) is 19.8 Å². The summed E-state index contributed by atoms with van der Waals surface area (Å²) in [5.41, 5.74) is 2.57. The van der Waals surface area contributed by atoms with Crippen LogP contribution in [0, 0.1) is 11.0 Å². The molecule has 4 aromatic rings. The fourth-order valence-electron chi connectivity index (χ4n) is 4.89. The molecule has 3 aromatic heterocycles. The molecule has 0 radical (unpaired) electrons. The van der Waals surface area contributed by atoms with Crippen molar-refractivity contribution in [2.24, 2.45) is 4.99 Å². The van der Waals surface area contributed by atoms with Crippen molar-refractivity contribution in [1.29, 1.82) is 0 Å². The number of thiophene rings is 1. The van der Waals surface area contributed by atoms with E-state index in [2.05, 4.69) is 20.5 Å². The maximum Gasteiger partial charge on any atom is 0.233 e. The number of aryl methyl sites for hydroxylation is 1. The van der Waals surface area contributed by atoms with E-state index in [1.54, 1.807) is 23.6 Å². The maximum absolute atomic E-state index is 14.6. The number of pyridine rings is 1. The van der Waals surface area contributed by atoms with Crippen LogP contribution in [0.1, 0.15) is 34.5 Å². The smallest absolute Gasteiger partial charge is 0.233 e. The van der Waals surface area contributed by atoms with E-state index in [1.807, 2.05) is 6.07 Å². The highest BCUT2D eigenvalue weighted by Gasteiger charge is 2.49. The van der Waals surface area contributed by atoms with Crippen LogP contribution in [0.3, 0.4) is 0 Å². The van der Waals surface area contributed by atoms with E-state index < -0.39 is 11.4 Å². The molecular formula is C24H18ClFN6O3S. The van der Waals surface area contributed by atoms with Gasteiger partial charge in [-0.25, -0.2) is 4.39 Å². The normalized spacial score (nSPS) is 18.9. The summed E-state index contributed by atoms with van der Waals surface area (Å²) < 4.78 is 16.7. The van der Waals surface area contributed by atoms with Crippen LogP contribution in [0.5, 0.6) is 0 Å². The molecule has 4 heterocycles. The Morgan fingerprint density at radius 2 is 2.14 bits per heavy atom. The number of benzene rings is 1. The molecule has 0 saturated heterocycles. The van der Waals surface area contributed by atoms with Crippen molar-refractivity contribution in [3.63, 3.8) is 0 Å². The molecule has 1 aromatic carbocycles. The van der Waals surface area contributed by atoms with Crippen LogP contribution in [0.2, 0.25) is 5.02 Å². The standard InChI is InChI=1S/C24H18ClFN6O3S/c25-16-1-2-19(31-12-28-29-30-31)17(7-16)15-5-13-3-4-24(34,23(13)32(35)9-15)21-6-14(8-27-21)18-11-36-20(10-33)22(18)26/h1-2,5,7-9,11-12,33-34H,3-4,6,10H2. The zero-order valence-corrected chi connectivity index (χ0v) is 20.2. The quantitative estimate of drug-likeness (QED) is 0.305. The second kappa shape index (κ2) is 8.56. The number of aromatic nitrogens is 5. The number of halogens is 2. The summed E-state index contributed by atoms with van der Waals surface area (Å²) in [6.07, 6.45) is 5.30. The third-order valence-corrected chi connectivity index (χ3v) is 7.81. The largest absolute Gasteiger partial charge is 0.618 e. The van der Waals surface area contributed by atoms with Gasteiger partial charge in [0.15, 0.2) is 11.8 Å². The van der Waals surface area contributed by atoms with Gasteiger partial charge in [-0.1, -0.05) is 11.6 Å². The number of aliphatic hydroxyl groups excluding tert-OH is 1. The van der Waals surface area contributed by atoms with Crippen LogP contribution in [0.25, 0.3) is 22.4 Å². The minimum atomic E-state index is -1.58. The summed E-state index contributed by atoms with van der Waals surface area (Å²) in [6.45, 7) is -0.380. The van der Waals surface area contributed by atoms with Crippen molar-refractivity contribution >= 4 is 34.2 Å². The lowest BCUT2D eigenvalue weighted by molar-refractivity contribution is -0.619. The van der Waals surface area contributed by atoms with Gasteiger partial charge in [0, 0.05) is 45.3 Å². The predicted molar refractivity (Wildman–Crippen MR) is 131 cm³/mol. The molecule has 1 unspecified atom stereocenters. The van der Waals surface area contributed by atoms with Crippen molar-refractivity contribution in [3.05, 3.63) is 86.1 Å². The Bertz CT molecular complexity index is 1570. The summed E-state index contributed by atoms with van der Waals surface area (Å²) >= 11 is 7.39. The molecule has 0 bridgehead atoms. The van der Waals surface area contributed by atoms with Crippen molar-refractivity contribution < 1.29 is 19.3 Å². The molecule has 1 atom stereocenters. The van der Waals surface area contributed by atoms with Gasteiger partial charge in [-0.3, -0.25) is 4.99 Å². The van der Waals surface area contributed by atoms with Gasteiger partial charge in [-0.05, 0) is 53.1 Å². The third kappa shape index (κ3) is 3.54. The summed E-state index contributed by atoms with van der Waals surface area (Å²) in [5, 5.41) is 47.7. The monoisotopic (exact) mass is 524 g/mol. The highest BCUT2D eigenvalue weighted by Crippen LogP contribution is 2.43. The first-order valence-electron chi connectivity index (χ1n) is 11.0. The number of allylic oxidation sites excluding steroid dienone is 1. The number of aliphatic imine (C=N–C) groups is 1. The highest BCUT2D eigenvalue weighted by atomic mass is 35.5. The summed E-state index contributed by atoms with van der Waals surface area (Å²) in [6, 6.07) is 7.06. The van der Waals surface area contributed by atoms with E-state index in [1.165, 1.54) is 23.4 Å². The van der Waals surface area contributed by atoms with Gasteiger partial charge in [0.1, 0.15) is 12.1 Å². The molecule has 12 heteroatoms. The average molecular weight is 525 g/mol. The topological polar surface area (TPSA) is 123 Å². The van der Waals surface area contributed by atoms with Crippen LogP contribution < -0.4 is 4.73 Å². The first-order valence-corrected chi connectivity index (χ1v) is 12.3. The number of rotatable bonds is 5. The Kier molecular flexibility index (Phi) is 5.45. The number of fused-ring (bicyclic) bond motifs is 1. The Balaban J connectivity index is 1.35. The van der Waals surface area contributed by atoms with Gasteiger partial charge in [0.25, 0.3) is 0 Å². The van der Waals surface area contributed by atoms with Crippen LogP contribution in [0.4, 0.5) is 4.39 Å². The van der Waals surface area contributed by atoms with Gasteiger partial charge in [-0.15, -0.1) is 16.4 Å². The van der Waals surface area contributed by atoms with Crippen molar-refractivity contribution in [1.82, 2.24) is 20.2 Å². The van der Waals surface area contributed by atoms with Gasteiger partial charge in [-0.2, -0.15) is 9.41 Å². The lowest BCUT2D eigenvalue weighted by Crippen LogP contribution is -2.45. The molecule has 0 fully saturated rings. The second-order valence-corrected chi connectivity index (χ2v) is 10.1. The van der Waals surface area contributed by atoms with Crippen molar-refractivity contribution in [2.45, 2.75) is 31.5 Å². The molecular weight excluding hydrogens is 507 g/mol. The lowest BCUT2D eigenvalue weighted by atomic mass is 9.89. The molecule has 36 heavy (non-hydrogen) atoms. The Labute approximate surface area is 213 Å². The summed E-state index contributed by atoms with van der Waals surface area (Å²) in [7, 11) is 0. The van der Waals surface area contributed by atoms with Gasteiger partial charge in [0.05, 0.1) is 22.9 Å². The minimum absolute atomic E-state index is 0.202. The number of hydrogen-bond donors (Lipinski definition) is 2. The molecule has 1 aliphatic heterocycles. The molecule has 182 valence electrons. The molecule has 0 saturated carbocycles. The first kappa shape index (κ1) is 22.9. The van der Waals surface area contributed by atoms with Gasteiger partial charge < -0.3 is 15.4 Å². The molecule has 6 rings (SSSR count). The molecule has 9 nitrogen and oxygen atoms in total. The van der Waals surface area contributed by atoms with E-state index in [4.69, 9.17) is 11.6 Å². The van der Waals surface area contributed by atoms with Crippen LogP contribution in [-0.2, 0) is 18.6 Å². The predicted octanol–water partition coefficient (Wildman–Crippen LogP) is 3.33. The Hall–Kier alpha value is -3.51. The molecule has 2 aliphatic rings. The highest BCUT2D eigenvalue weighted by molar-refractivity contribution is 7.10. The molecule has 2 N–H and O–H groups in total. The van der Waals surface area contributed by atoms with Crippen LogP contribution >= 0.6 is 22.9 Å². The van der Waals surface area contributed by atoms with Gasteiger partial charge >= 0.3 is 0 Å². The number of tetrazole rings is 1. The van der Waals surface area contributed by atoms with E-state index >= 15 is 0 Å². The zero-order chi connectivity index (χ0) is 25.0. The van der Waals surface area contributed by atoms with Gasteiger partial charge in [0.2, 0.25) is 5.69 Å². The maximum atomic E-state index is 14.6. The second-order valence-electron chi connectivity index (χ2n) is 8.66. The number of nitrogens with zero attached hydrogens (tertiary/aromatic N) is 6. The summed E-state index contributed by atoms with van der Waals surface area (Å²) in [4.78, 5) is 4.63.